The van der Waals surface area contributed by atoms with Crippen LogP contribution in [-0.2, 0) is 4.79 Å². The third kappa shape index (κ3) is 2.95. The molecule has 2 aliphatic heterocycles. The van der Waals surface area contributed by atoms with Gasteiger partial charge in [0.1, 0.15) is 0 Å². The fourth-order valence-corrected chi connectivity index (χ4v) is 2.78. The molecule has 2 fully saturated rings. The van der Waals surface area contributed by atoms with Gasteiger partial charge in [0.25, 0.3) is 0 Å². The lowest BCUT2D eigenvalue weighted by Gasteiger charge is -2.35. The standard InChI is InChI=1S/C12H23N3O/c1-9-8-15(2)6-5-11(9)13-7-10-3-4-12(16)14-10/h9-11,13H,3-8H2,1-2H3,(H,14,16). The first-order valence-corrected chi connectivity index (χ1v) is 6.36. The highest BCUT2D eigenvalue weighted by Crippen LogP contribution is 2.15. The Morgan fingerprint density at radius 1 is 1.50 bits per heavy atom. The highest BCUT2D eigenvalue weighted by molar-refractivity contribution is 5.78. The van der Waals surface area contributed by atoms with Gasteiger partial charge in [0.2, 0.25) is 5.91 Å². The summed E-state index contributed by atoms with van der Waals surface area (Å²) in [5, 5.41) is 6.62. The molecule has 3 unspecified atom stereocenters. The predicted molar refractivity (Wildman–Crippen MR) is 64.2 cm³/mol. The number of carbonyl (C=O) groups is 1. The van der Waals surface area contributed by atoms with Crippen molar-refractivity contribution in [3.8, 4) is 0 Å². The Labute approximate surface area is 97.8 Å². The van der Waals surface area contributed by atoms with Crippen LogP contribution < -0.4 is 10.6 Å². The van der Waals surface area contributed by atoms with Crippen LogP contribution in [0.2, 0.25) is 0 Å². The van der Waals surface area contributed by atoms with Crippen LogP contribution >= 0.6 is 0 Å². The van der Waals surface area contributed by atoms with Gasteiger partial charge in [-0.05, 0) is 32.4 Å². The van der Waals surface area contributed by atoms with Crippen molar-refractivity contribution in [3.05, 3.63) is 0 Å². The molecule has 0 aliphatic carbocycles. The van der Waals surface area contributed by atoms with E-state index >= 15 is 0 Å². The minimum Gasteiger partial charge on any atom is -0.352 e. The number of amides is 1. The molecule has 0 aromatic rings. The fraction of sp³-hybridized carbons (Fsp3) is 0.917. The molecule has 2 heterocycles. The van der Waals surface area contributed by atoms with Crippen LogP contribution in [0.15, 0.2) is 0 Å². The number of hydrogen-bond donors (Lipinski definition) is 2. The van der Waals surface area contributed by atoms with Gasteiger partial charge in [-0.2, -0.15) is 0 Å². The molecule has 0 aromatic heterocycles. The number of likely N-dealkylation sites (tertiary alicyclic amines) is 1. The van der Waals surface area contributed by atoms with Crippen molar-refractivity contribution in [1.29, 1.82) is 0 Å². The molecule has 4 heteroatoms. The maximum atomic E-state index is 11.1. The zero-order valence-corrected chi connectivity index (χ0v) is 10.3. The zero-order chi connectivity index (χ0) is 11.5. The number of nitrogens with one attached hydrogen (secondary N) is 2. The Balaban J connectivity index is 1.71. The molecular formula is C12H23N3O. The lowest BCUT2D eigenvalue weighted by molar-refractivity contribution is -0.119. The molecule has 0 bridgehead atoms. The summed E-state index contributed by atoms with van der Waals surface area (Å²) in [7, 11) is 2.18. The predicted octanol–water partition coefficient (Wildman–Crippen LogP) is 0.195. The lowest BCUT2D eigenvalue weighted by atomic mass is 9.94. The number of hydrogen-bond acceptors (Lipinski definition) is 3. The van der Waals surface area contributed by atoms with Crippen molar-refractivity contribution in [1.82, 2.24) is 15.5 Å². The average Bonchev–Trinajstić information content (AvgIpc) is 2.63. The molecule has 2 aliphatic rings. The van der Waals surface area contributed by atoms with Crippen molar-refractivity contribution in [2.24, 2.45) is 5.92 Å². The Hall–Kier alpha value is -0.610. The fourth-order valence-electron chi connectivity index (χ4n) is 2.78. The maximum absolute atomic E-state index is 11.1. The second kappa shape index (κ2) is 5.15. The largest absolute Gasteiger partial charge is 0.352 e. The van der Waals surface area contributed by atoms with Crippen LogP contribution in [0, 0.1) is 5.92 Å². The summed E-state index contributed by atoms with van der Waals surface area (Å²) in [6.45, 7) is 5.60. The molecule has 0 spiro atoms. The topological polar surface area (TPSA) is 44.4 Å². The van der Waals surface area contributed by atoms with E-state index in [-0.39, 0.29) is 5.91 Å². The van der Waals surface area contributed by atoms with Crippen molar-refractivity contribution in [3.63, 3.8) is 0 Å². The Bertz CT molecular complexity index is 257. The Kier molecular flexibility index (Phi) is 3.82. The maximum Gasteiger partial charge on any atom is 0.220 e. The van der Waals surface area contributed by atoms with Gasteiger partial charge in [-0.1, -0.05) is 6.92 Å². The summed E-state index contributed by atoms with van der Waals surface area (Å²) >= 11 is 0. The normalized spacial score (nSPS) is 36.4. The molecule has 3 atom stereocenters. The van der Waals surface area contributed by atoms with Crippen LogP contribution in [0.5, 0.6) is 0 Å². The first kappa shape index (κ1) is 11.9. The monoisotopic (exact) mass is 225 g/mol. The molecule has 16 heavy (non-hydrogen) atoms. The molecule has 92 valence electrons. The summed E-state index contributed by atoms with van der Waals surface area (Å²) in [4.78, 5) is 13.5. The van der Waals surface area contributed by atoms with Crippen LogP contribution in [0.1, 0.15) is 26.2 Å². The van der Waals surface area contributed by atoms with Gasteiger partial charge in [0.15, 0.2) is 0 Å². The van der Waals surface area contributed by atoms with Crippen LogP contribution in [-0.4, -0.2) is 49.6 Å². The van der Waals surface area contributed by atoms with Crippen molar-refractivity contribution >= 4 is 5.91 Å². The van der Waals surface area contributed by atoms with Gasteiger partial charge in [-0.25, -0.2) is 0 Å². The molecule has 1 amide bonds. The van der Waals surface area contributed by atoms with Gasteiger partial charge in [0, 0.05) is 31.6 Å². The second-order valence-electron chi connectivity index (χ2n) is 5.35. The van der Waals surface area contributed by atoms with Gasteiger partial charge in [-0.3, -0.25) is 4.79 Å². The molecular weight excluding hydrogens is 202 g/mol. The first-order valence-electron chi connectivity index (χ1n) is 6.36. The number of carbonyl (C=O) groups excluding carboxylic acids is 1. The van der Waals surface area contributed by atoms with Gasteiger partial charge in [0.05, 0.1) is 0 Å². The van der Waals surface area contributed by atoms with E-state index in [0.717, 1.165) is 13.0 Å². The van der Waals surface area contributed by atoms with Crippen LogP contribution in [0.4, 0.5) is 0 Å². The minimum absolute atomic E-state index is 0.211. The van der Waals surface area contributed by atoms with E-state index in [2.05, 4.69) is 29.5 Å². The summed E-state index contributed by atoms with van der Waals surface area (Å²) in [5.41, 5.74) is 0. The quantitative estimate of drug-likeness (QED) is 0.721. The Morgan fingerprint density at radius 3 is 2.94 bits per heavy atom. The van der Waals surface area contributed by atoms with Gasteiger partial charge in [-0.15, -0.1) is 0 Å². The van der Waals surface area contributed by atoms with E-state index in [0.29, 0.717) is 24.4 Å². The molecule has 0 saturated carbocycles. The number of piperidine rings is 1. The molecule has 2 N–H and O–H groups in total. The Morgan fingerprint density at radius 2 is 2.31 bits per heavy atom. The number of rotatable bonds is 3. The number of nitrogens with zero attached hydrogens (tertiary/aromatic N) is 1. The zero-order valence-electron chi connectivity index (χ0n) is 10.3. The molecule has 0 aromatic carbocycles. The SMILES string of the molecule is CC1CN(C)CCC1NCC1CCC(=O)N1. The average molecular weight is 225 g/mol. The second-order valence-corrected chi connectivity index (χ2v) is 5.35. The highest BCUT2D eigenvalue weighted by atomic mass is 16.1. The summed E-state index contributed by atoms with van der Waals surface area (Å²) < 4.78 is 0. The van der Waals surface area contributed by atoms with E-state index in [1.807, 2.05) is 0 Å². The van der Waals surface area contributed by atoms with Crippen molar-refractivity contribution < 1.29 is 4.79 Å². The molecule has 0 radical (unpaired) electrons. The third-order valence-corrected chi connectivity index (χ3v) is 3.82. The van der Waals surface area contributed by atoms with Crippen LogP contribution in [0.25, 0.3) is 0 Å². The third-order valence-electron chi connectivity index (χ3n) is 3.82. The van der Waals surface area contributed by atoms with Crippen molar-refractivity contribution in [2.75, 3.05) is 26.7 Å². The van der Waals surface area contributed by atoms with Gasteiger partial charge >= 0.3 is 0 Å². The van der Waals surface area contributed by atoms with E-state index in [1.165, 1.54) is 19.5 Å². The first-order chi connectivity index (χ1) is 7.65. The van der Waals surface area contributed by atoms with Crippen molar-refractivity contribution in [2.45, 2.75) is 38.3 Å². The van der Waals surface area contributed by atoms with E-state index in [1.54, 1.807) is 0 Å². The lowest BCUT2D eigenvalue weighted by Crippen LogP contribution is -2.49. The van der Waals surface area contributed by atoms with Gasteiger partial charge < -0.3 is 15.5 Å². The van der Waals surface area contributed by atoms with E-state index in [9.17, 15) is 4.79 Å². The molecule has 2 rings (SSSR count). The highest BCUT2D eigenvalue weighted by Gasteiger charge is 2.26. The summed E-state index contributed by atoms with van der Waals surface area (Å²) in [6, 6.07) is 0.980. The smallest absolute Gasteiger partial charge is 0.220 e. The molecule has 2 saturated heterocycles. The van der Waals surface area contributed by atoms with E-state index in [4.69, 9.17) is 0 Å². The summed E-state index contributed by atoms with van der Waals surface area (Å²) in [6.07, 6.45) is 2.92. The molecule has 4 nitrogen and oxygen atoms in total. The minimum atomic E-state index is 0.211. The summed E-state index contributed by atoms with van der Waals surface area (Å²) in [5.74, 6) is 0.916. The van der Waals surface area contributed by atoms with Crippen LogP contribution in [0.3, 0.4) is 0 Å². The van der Waals surface area contributed by atoms with E-state index < -0.39 is 0 Å².